The van der Waals surface area contributed by atoms with Gasteiger partial charge in [0, 0.05) is 31.2 Å². The third-order valence-corrected chi connectivity index (χ3v) is 6.17. The lowest BCUT2D eigenvalue weighted by Crippen LogP contribution is -2.44. The Morgan fingerprint density at radius 3 is 2.00 bits per heavy atom. The topological polar surface area (TPSA) is 23.6 Å². The van der Waals surface area contributed by atoms with Crippen molar-refractivity contribution in [3.63, 3.8) is 0 Å². The molecule has 1 atom stereocenters. The van der Waals surface area contributed by atoms with Crippen molar-refractivity contribution in [1.29, 1.82) is 0 Å². The molecule has 0 bridgehead atoms. The van der Waals surface area contributed by atoms with E-state index in [1.807, 2.05) is 53.4 Å². The highest BCUT2D eigenvalue weighted by Crippen LogP contribution is 2.23. The smallest absolute Gasteiger partial charge is 0.227 e. The zero-order valence-electron chi connectivity index (χ0n) is 17.8. The van der Waals surface area contributed by atoms with Crippen LogP contribution in [0.25, 0.3) is 0 Å². The standard InChI is InChI=1S/C27H29ClN2O/c28-26-15-13-24(14-16-26)18-29-17-7-12-25(21-29)27(31)30(19-22-8-3-1-4-9-22)20-23-10-5-2-6-11-23/h1-6,8-11,13-16,25H,7,12,17-21H2. The minimum absolute atomic E-state index is 0.0356. The molecule has 4 rings (SSSR count). The number of halogens is 1. The maximum absolute atomic E-state index is 13.6. The summed E-state index contributed by atoms with van der Waals surface area (Å²) in [5.41, 5.74) is 3.57. The summed E-state index contributed by atoms with van der Waals surface area (Å²) in [4.78, 5) is 18.1. The van der Waals surface area contributed by atoms with Gasteiger partial charge in [-0.05, 0) is 48.2 Å². The molecule has 1 heterocycles. The Balaban J connectivity index is 1.46. The van der Waals surface area contributed by atoms with E-state index in [0.717, 1.165) is 37.5 Å². The molecular formula is C27H29ClN2O. The van der Waals surface area contributed by atoms with Crippen molar-refractivity contribution >= 4 is 17.5 Å². The molecule has 0 aromatic heterocycles. The minimum atomic E-state index is 0.0356. The molecule has 0 aliphatic carbocycles. The van der Waals surface area contributed by atoms with Crippen LogP contribution in [-0.4, -0.2) is 28.8 Å². The number of hydrogen-bond donors (Lipinski definition) is 0. The van der Waals surface area contributed by atoms with Crippen LogP contribution in [0, 0.1) is 5.92 Å². The maximum Gasteiger partial charge on any atom is 0.227 e. The van der Waals surface area contributed by atoms with Crippen LogP contribution in [0.1, 0.15) is 29.5 Å². The predicted molar refractivity (Wildman–Crippen MR) is 127 cm³/mol. The second-order valence-corrected chi connectivity index (χ2v) is 8.80. The SMILES string of the molecule is O=C(C1CCCN(Cc2ccc(Cl)cc2)C1)N(Cc1ccccc1)Cc1ccccc1. The summed E-state index contributed by atoms with van der Waals surface area (Å²) in [6.07, 6.45) is 2.00. The predicted octanol–water partition coefficient (Wildman–Crippen LogP) is 5.78. The molecule has 1 saturated heterocycles. The van der Waals surface area contributed by atoms with Crippen molar-refractivity contribution in [1.82, 2.24) is 9.80 Å². The van der Waals surface area contributed by atoms with Gasteiger partial charge in [0.05, 0.1) is 5.92 Å². The number of benzene rings is 3. The lowest BCUT2D eigenvalue weighted by molar-refractivity contribution is -0.138. The summed E-state index contributed by atoms with van der Waals surface area (Å²) in [7, 11) is 0. The monoisotopic (exact) mass is 432 g/mol. The van der Waals surface area contributed by atoms with Crippen LogP contribution in [0.15, 0.2) is 84.9 Å². The van der Waals surface area contributed by atoms with Gasteiger partial charge >= 0.3 is 0 Å². The molecule has 160 valence electrons. The number of carbonyl (C=O) groups excluding carboxylic acids is 1. The van der Waals surface area contributed by atoms with E-state index < -0.39 is 0 Å². The Morgan fingerprint density at radius 2 is 1.42 bits per heavy atom. The maximum atomic E-state index is 13.6. The Labute approximate surface area is 190 Å². The highest BCUT2D eigenvalue weighted by molar-refractivity contribution is 6.30. The Morgan fingerprint density at radius 1 is 0.839 bits per heavy atom. The molecule has 3 aromatic rings. The summed E-state index contributed by atoms with van der Waals surface area (Å²) in [6.45, 7) is 3.98. The fraction of sp³-hybridized carbons (Fsp3) is 0.296. The van der Waals surface area contributed by atoms with Gasteiger partial charge in [0.15, 0.2) is 0 Å². The molecule has 1 fully saturated rings. The molecule has 1 unspecified atom stereocenters. The van der Waals surface area contributed by atoms with Crippen LogP contribution in [0.5, 0.6) is 0 Å². The first-order valence-corrected chi connectivity index (χ1v) is 11.4. The molecule has 0 spiro atoms. The first kappa shape index (κ1) is 21.6. The van der Waals surface area contributed by atoms with Gasteiger partial charge in [0.25, 0.3) is 0 Å². The van der Waals surface area contributed by atoms with Crippen molar-refractivity contribution in [3.8, 4) is 0 Å². The van der Waals surface area contributed by atoms with E-state index in [0.29, 0.717) is 13.1 Å². The van der Waals surface area contributed by atoms with Crippen molar-refractivity contribution in [2.24, 2.45) is 5.92 Å². The Bertz CT molecular complexity index is 918. The fourth-order valence-corrected chi connectivity index (χ4v) is 4.45. The molecule has 31 heavy (non-hydrogen) atoms. The number of likely N-dealkylation sites (tertiary alicyclic amines) is 1. The van der Waals surface area contributed by atoms with E-state index in [1.54, 1.807) is 0 Å². The fourth-order valence-electron chi connectivity index (χ4n) is 4.33. The normalized spacial score (nSPS) is 16.7. The van der Waals surface area contributed by atoms with E-state index in [9.17, 15) is 4.79 Å². The molecule has 3 aromatic carbocycles. The first-order valence-electron chi connectivity index (χ1n) is 11.0. The Kier molecular flexibility index (Phi) is 7.39. The average Bonchev–Trinajstić information content (AvgIpc) is 2.81. The second kappa shape index (κ2) is 10.6. The Hall–Kier alpha value is -2.62. The van der Waals surface area contributed by atoms with Gasteiger partial charge in [0.2, 0.25) is 5.91 Å². The van der Waals surface area contributed by atoms with Crippen LogP contribution in [0.2, 0.25) is 5.02 Å². The van der Waals surface area contributed by atoms with Crippen molar-refractivity contribution in [2.75, 3.05) is 13.1 Å². The minimum Gasteiger partial charge on any atom is -0.334 e. The molecule has 0 N–H and O–H groups in total. The van der Waals surface area contributed by atoms with Gasteiger partial charge in [-0.2, -0.15) is 0 Å². The van der Waals surface area contributed by atoms with E-state index in [1.165, 1.54) is 16.7 Å². The van der Waals surface area contributed by atoms with E-state index >= 15 is 0 Å². The summed E-state index contributed by atoms with van der Waals surface area (Å²) in [5.74, 6) is 0.294. The number of hydrogen-bond acceptors (Lipinski definition) is 2. The van der Waals surface area contributed by atoms with Crippen LogP contribution in [0.4, 0.5) is 0 Å². The van der Waals surface area contributed by atoms with E-state index in [4.69, 9.17) is 11.6 Å². The van der Waals surface area contributed by atoms with Crippen molar-refractivity contribution < 1.29 is 4.79 Å². The van der Waals surface area contributed by atoms with Crippen molar-refractivity contribution in [3.05, 3.63) is 107 Å². The van der Waals surface area contributed by atoms with Gasteiger partial charge < -0.3 is 4.90 Å². The number of carbonyl (C=O) groups is 1. The number of nitrogens with zero attached hydrogens (tertiary/aromatic N) is 2. The van der Waals surface area contributed by atoms with Gasteiger partial charge in [-0.25, -0.2) is 0 Å². The summed E-state index contributed by atoms with van der Waals surface area (Å²) in [5, 5.41) is 0.757. The summed E-state index contributed by atoms with van der Waals surface area (Å²) in [6, 6.07) is 28.6. The van der Waals surface area contributed by atoms with Crippen LogP contribution in [-0.2, 0) is 24.4 Å². The average molecular weight is 433 g/mol. The van der Waals surface area contributed by atoms with Gasteiger partial charge in [-0.15, -0.1) is 0 Å². The molecule has 1 aliphatic heterocycles. The second-order valence-electron chi connectivity index (χ2n) is 8.37. The number of amides is 1. The highest BCUT2D eigenvalue weighted by atomic mass is 35.5. The van der Waals surface area contributed by atoms with Crippen LogP contribution < -0.4 is 0 Å². The number of rotatable bonds is 7. The van der Waals surface area contributed by atoms with Crippen molar-refractivity contribution in [2.45, 2.75) is 32.5 Å². The van der Waals surface area contributed by atoms with E-state index in [2.05, 4.69) is 41.3 Å². The van der Waals surface area contributed by atoms with Gasteiger partial charge in [-0.3, -0.25) is 9.69 Å². The summed E-state index contributed by atoms with van der Waals surface area (Å²) < 4.78 is 0. The molecule has 1 amide bonds. The largest absolute Gasteiger partial charge is 0.334 e. The van der Waals surface area contributed by atoms with Gasteiger partial charge in [-0.1, -0.05) is 84.4 Å². The van der Waals surface area contributed by atoms with Crippen LogP contribution >= 0.6 is 11.6 Å². The molecule has 4 heteroatoms. The van der Waals surface area contributed by atoms with Crippen LogP contribution in [0.3, 0.4) is 0 Å². The molecule has 0 saturated carbocycles. The third kappa shape index (κ3) is 6.19. The molecular weight excluding hydrogens is 404 g/mol. The van der Waals surface area contributed by atoms with Gasteiger partial charge in [0.1, 0.15) is 0 Å². The first-order chi connectivity index (χ1) is 15.2. The highest BCUT2D eigenvalue weighted by Gasteiger charge is 2.29. The molecule has 1 aliphatic rings. The van der Waals surface area contributed by atoms with E-state index in [-0.39, 0.29) is 11.8 Å². The zero-order chi connectivity index (χ0) is 21.5. The zero-order valence-corrected chi connectivity index (χ0v) is 18.5. The lowest BCUT2D eigenvalue weighted by atomic mass is 9.95. The quantitative estimate of drug-likeness (QED) is 0.472. The molecule has 0 radical (unpaired) electrons. The summed E-state index contributed by atoms with van der Waals surface area (Å²) >= 11 is 6.02. The molecule has 3 nitrogen and oxygen atoms in total. The third-order valence-electron chi connectivity index (χ3n) is 5.92. The lowest BCUT2D eigenvalue weighted by Gasteiger charge is -2.35. The number of piperidine rings is 1.